The standard InChI is InChI=1S/C18H15BrF2N2O/c1-2-3-8-16-22-15-7-5-4-6-12(15)18(24)23(16)17-13(20)9-11(19)10-14(17)21/h4-7,9-10H,2-3,8H2,1H3. The molecule has 124 valence electrons. The second kappa shape index (κ2) is 6.81. The fraction of sp³-hybridized carbons (Fsp3) is 0.222. The summed E-state index contributed by atoms with van der Waals surface area (Å²) in [6.45, 7) is 2.00. The van der Waals surface area contributed by atoms with Crippen LogP contribution in [0.1, 0.15) is 25.6 Å². The van der Waals surface area contributed by atoms with E-state index in [0.29, 0.717) is 23.1 Å². The Morgan fingerprint density at radius 3 is 2.50 bits per heavy atom. The number of rotatable bonds is 4. The van der Waals surface area contributed by atoms with Crippen LogP contribution in [-0.2, 0) is 6.42 Å². The van der Waals surface area contributed by atoms with Crippen molar-refractivity contribution >= 4 is 26.8 Å². The van der Waals surface area contributed by atoms with Gasteiger partial charge in [0, 0.05) is 10.9 Å². The molecule has 0 aliphatic rings. The van der Waals surface area contributed by atoms with Crippen molar-refractivity contribution in [2.24, 2.45) is 0 Å². The molecule has 3 rings (SSSR count). The van der Waals surface area contributed by atoms with E-state index in [0.717, 1.165) is 29.5 Å². The van der Waals surface area contributed by atoms with E-state index in [1.807, 2.05) is 6.92 Å². The summed E-state index contributed by atoms with van der Waals surface area (Å²) in [5.41, 5.74) is -0.317. The number of para-hydroxylation sites is 1. The fourth-order valence-electron chi connectivity index (χ4n) is 2.66. The van der Waals surface area contributed by atoms with Gasteiger partial charge in [0.15, 0.2) is 11.6 Å². The quantitative estimate of drug-likeness (QED) is 0.640. The zero-order valence-electron chi connectivity index (χ0n) is 13.0. The second-order valence-corrected chi connectivity index (χ2v) is 6.42. The van der Waals surface area contributed by atoms with E-state index in [2.05, 4.69) is 20.9 Å². The lowest BCUT2D eigenvalue weighted by atomic mass is 10.2. The van der Waals surface area contributed by atoms with Gasteiger partial charge >= 0.3 is 0 Å². The molecule has 0 radical (unpaired) electrons. The summed E-state index contributed by atoms with van der Waals surface area (Å²) in [6.07, 6.45) is 2.12. The van der Waals surface area contributed by atoms with E-state index in [9.17, 15) is 13.6 Å². The van der Waals surface area contributed by atoms with Crippen molar-refractivity contribution in [3.63, 3.8) is 0 Å². The smallest absolute Gasteiger partial charge is 0.266 e. The minimum absolute atomic E-state index is 0.276. The van der Waals surface area contributed by atoms with Crippen LogP contribution in [0.2, 0.25) is 0 Å². The van der Waals surface area contributed by atoms with Gasteiger partial charge in [-0.15, -0.1) is 0 Å². The van der Waals surface area contributed by atoms with Crippen molar-refractivity contribution in [2.45, 2.75) is 26.2 Å². The number of hydrogen-bond donors (Lipinski definition) is 0. The van der Waals surface area contributed by atoms with Gasteiger partial charge in [-0.1, -0.05) is 41.4 Å². The highest BCUT2D eigenvalue weighted by Gasteiger charge is 2.19. The topological polar surface area (TPSA) is 34.9 Å². The maximum Gasteiger partial charge on any atom is 0.266 e. The lowest BCUT2D eigenvalue weighted by Crippen LogP contribution is -2.25. The van der Waals surface area contributed by atoms with E-state index < -0.39 is 17.2 Å². The van der Waals surface area contributed by atoms with Crippen LogP contribution in [0.3, 0.4) is 0 Å². The largest absolute Gasteiger partial charge is 0.268 e. The molecule has 0 atom stereocenters. The predicted molar refractivity (Wildman–Crippen MR) is 93.6 cm³/mol. The normalized spacial score (nSPS) is 11.2. The van der Waals surface area contributed by atoms with E-state index in [1.54, 1.807) is 24.3 Å². The molecule has 3 aromatic rings. The maximum absolute atomic E-state index is 14.4. The Kier molecular flexibility index (Phi) is 4.76. The first-order valence-corrected chi connectivity index (χ1v) is 8.47. The SMILES string of the molecule is CCCCc1nc2ccccc2c(=O)n1-c1c(F)cc(Br)cc1F. The van der Waals surface area contributed by atoms with Crippen molar-refractivity contribution in [3.8, 4) is 5.69 Å². The zero-order chi connectivity index (χ0) is 17.3. The number of hydrogen-bond acceptors (Lipinski definition) is 2. The van der Waals surface area contributed by atoms with Gasteiger partial charge in [0.25, 0.3) is 5.56 Å². The van der Waals surface area contributed by atoms with E-state index in [1.165, 1.54) is 0 Å². The van der Waals surface area contributed by atoms with Gasteiger partial charge in [0.2, 0.25) is 0 Å². The summed E-state index contributed by atoms with van der Waals surface area (Å²) in [7, 11) is 0. The number of nitrogens with zero attached hydrogens (tertiary/aromatic N) is 2. The average Bonchev–Trinajstić information content (AvgIpc) is 2.54. The van der Waals surface area contributed by atoms with E-state index in [-0.39, 0.29) is 10.2 Å². The van der Waals surface area contributed by atoms with Crippen molar-refractivity contribution < 1.29 is 8.78 Å². The molecule has 2 aromatic carbocycles. The molecule has 0 aliphatic carbocycles. The summed E-state index contributed by atoms with van der Waals surface area (Å²) >= 11 is 3.06. The molecule has 0 saturated heterocycles. The maximum atomic E-state index is 14.4. The molecule has 1 heterocycles. The summed E-state index contributed by atoms with van der Waals surface area (Å²) in [5.74, 6) is -1.25. The zero-order valence-corrected chi connectivity index (χ0v) is 14.6. The lowest BCUT2D eigenvalue weighted by Gasteiger charge is -2.15. The van der Waals surface area contributed by atoms with Crippen LogP contribution < -0.4 is 5.56 Å². The molecule has 0 bridgehead atoms. The Labute approximate surface area is 146 Å². The van der Waals surface area contributed by atoms with E-state index in [4.69, 9.17) is 0 Å². The Morgan fingerprint density at radius 2 is 1.83 bits per heavy atom. The summed E-state index contributed by atoms with van der Waals surface area (Å²) < 4.78 is 30.2. The first-order valence-electron chi connectivity index (χ1n) is 7.68. The molecule has 0 amide bonds. The Bertz CT molecular complexity index is 946. The molecular weight excluding hydrogens is 378 g/mol. The molecule has 6 heteroatoms. The minimum atomic E-state index is -0.807. The van der Waals surface area contributed by atoms with Crippen molar-refractivity contribution in [2.75, 3.05) is 0 Å². The van der Waals surface area contributed by atoms with Crippen LogP contribution >= 0.6 is 15.9 Å². The highest BCUT2D eigenvalue weighted by molar-refractivity contribution is 9.10. The van der Waals surface area contributed by atoms with Gasteiger partial charge in [-0.05, 0) is 30.7 Å². The van der Waals surface area contributed by atoms with Gasteiger partial charge in [0.05, 0.1) is 10.9 Å². The van der Waals surface area contributed by atoms with Crippen molar-refractivity contribution in [1.29, 1.82) is 0 Å². The molecule has 3 nitrogen and oxygen atoms in total. The van der Waals surface area contributed by atoms with Gasteiger partial charge in [-0.3, -0.25) is 9.36 Å². The molecule has 0 spiro atoms. The molecular formula is C18H15BrF2N2O. The van der Waals surface area contributed by atoms with Crippen LogP contribution in [0.5, 0.6) is 0 Å². The molecule has 0 unspecified atom stereocenters. The second-order valence-electron chi connectivity index (χ2n) is 5.51. The third-order valence-electron chi connectivity index (χ3n) is 3.80. The van der Waals surface area contributed by atoms with Gasteiger partial charge in [-0.25, -0.2) is 13.8 Å². The number of aryl methyl sites for hydroxylation is 1. The third kappa shape index (κ3) is 2.98. The van der Waals surface area contributed by atoms with Crippen molar-refractivity contribution in [3.05, 3.63) is 68.7 Å². The summed E-state index contributed by atoms with van der Waals surface area (Å²) in [6, 6.07) is 9.11. The Hall–Kier alpha value is -2.08. The van der Waals surface area contributed by atoms with Gasteiger partial charge in [-0.2, -0.15) is 0 Å². The minimum Gasteiger partial charge on any atom is -0.268 e. The number of fused-ring (bicyclic) bond motifs is 1. The highest BCUT2D eigenvalue weighted by atomic mass is 79.9. The Morgan fingerprint density at radius 1 is 1.17 bits per heavy atom. The number of halogens is 3. The fourth-order valence-corrected chi connectivity index (χ4v) is 3.06. The number of benzene rings is 2. The number of unbranched alkanes of at least 4 members (excludes halogenated alkanes) is 1. The average molecular weight is 393 g/mol. The monoisotopic (exact) mass is 392 g/mol. The first-order chi connectivity index (χ1) is 11.5. The summed E-state index contributed by atoms with van der Waals surface area (Å²) in [5, 5.41) is 0.333. The summed E-state index contributed by atoms with van der Waals surface area (Å²) in [4.78, 5) is 17.4. The van der Waals surface area contributed by atoms with Crippen LogP contribution in [0.4, 0.5) is 8.78 Å². The predicted octanol–water partition coefficient (Wildman–Crippen LogP) is 4.77. The third-order valence-corrected chi connectivity index (χ3v) is 4.26. The van der Waals surface area contributed by atoms with Crippen molar-refractivity contribution in [1.82, 2.24) is 9.55 Å². The number of aromatic nitrogens is 2. The van der Waals surface area contributed by atoms with E-state index >= 15 is 0 Å². The van der Waals surface area contributed by atoms with Gasteiger partial charge < -0.3 is 0 Å². The van der Waals surface area contributed by atoms with Crippen LogP contribution in [0, 0.1) is 11.6 Å². The Balaban J connectivity index is 2.37. The van der Waals surface area contributed by atoms with Crippen LogP contribution in [0.15, 0.2) is 45.7 Å². The van der Waals surface area contributed by atoms with Crippen LogP contribution in [-0.4, -0.2) is 9.55 Å². The molecule has 0 saturated carbocycles. The molecule has 0 N–H and O–H groups in total. The van der Waals surface area contributed by atoms with Crippen LogP contribution in [0.25, 0.3) is 16.6 Å². The molecule has 24 heavy (non-hydrogen) atoms. The first kappa shape index (κ1) is 16.8. The van der Waals surface area contributed by atoms with Gasteiger partial charge in [0.1, 0.15) is 11.5 Å². The molecule has 0 fully saturated rings. The lowest BCUT2D eigenvalue weighted by molar-refractivity contribution is 0.558. The highest BCUT2D eigenvalue weighted by Crippen LogP contribution is 2.24. The molecule has 0 aliphatic heterocycles. The molecule has 1 aromatic heterocycles.